The van der Waals surface area contributed by atoms with Crippen molar-refractivity contribution in [3.63, 3.8) is 0 Å². The van der Waals surface area contributed by atoms with E-state index in [1.54, 1.807) is 61.5 Å². The summed E-state index contributed by atoms with van der Waals surface area (Å²) in [5, 5.41) is 9.90. The van der Waals surface area contributed by atoms with Gasteiger partial charge in [0.1, 0.15) is 17.4 Å². The molecule has 0 saturated heterocycles. The summed E-state index contributed by atoms with van der Waals surface area (Å²) < 4.78 is 11.8. The van der Waals surface area contributed by atoms with Crippen LogP contribution in [0.15, 0.2) is 61.1 Å². The summed E-state index contributed by atoms with van der Waals surface area (Å²) >= 11 is 0. The van der Waals surface area contributed by atoms with E-state index in [0.29, 0.717) is 29.0 Å². The SMILES string of the molecule is COc1ccccc1-c1cnc2c(c1)C(=O)N([C@@H](C)CO)C[C@H](C)[C@@H](CN(C)C(=O)c1cccnc1)O2. The highest BCUT2D eigenvalue weighted by Crippen LogP contribution is 2.34. The number of likely N-dealkylation sites (N-methyl/N-ethyl adjacent to an activating group) is 1. The number of hydrogen-bond acceptors (Lipinski definition) is 7. The molecular weight excluding hydrogens is 472 g/mol. The first kappa shape index (κ1) is 26.1. The fourth-order valence-corrected chi connectivity index (χ4v) is 4.41. The van der Waals surface area contributed by atoms with Crippen molar-refractivity contribution in [1.29, 1.82) is 0 Å². The maximum absolute atomic E-state index is 13.7. The Labute approximate surface area is 216 Å². The number of amides is 2. The molecule has 1 N–H and O–H groups in total. The van der Waals surface area contributed by atoms with E-state index < -0.39 is 12.1 Å². The molecule has 1 aliphatic rings. The smallest absolute Gasteiger partial charge is 0.259 e. The number of rotatable bonds is 7. The minimum Gasteiger partial charge on any atom is -0.496 e. The lowest BCUT2D eigenvalue weighted by molar-refractivity contribution is 0.0313. The molecule has 2 aromatic heterocycles. The Bertz CT molecular complexity index is 1250. The molecule has 194 valence electrons. The summed E-state index contributed by atoms with van der Waals surface area (Å²) in [5.41, 5.74) is 2.28. The third kappa shape index (κ3) is 5.56. The summed E-state index contributed by atoms with van der Waals surface area (Å²) in [6.45, 7) is 4.21. The molecule has 0 spiro atoms. The molecule has 0 unspecified atom stereocenters. The number of fused-ring (bicyclic) bond motifs is 1. The molecule has 0 aliphatic carbocycles. The predicted molar refractivity (Wildman–Crippen MR) is 139 cm³/mol. The third-order valence-electron chi connectivity index (χ3n) is 6.65. The van der Waals surface area contributed by atoms with Gasteiger partial charge in [-0.15, -0.1) is 0 Å². The number of aliphatic hydroxyl groups is 1. The summed E-state index contributed by atoms with van der Waals surface area (Å²) in [7, 11) is 3.30. The number of methoxy groups -OCH3 is 1. The maximum Gasteiger partial charge on any atom is 0.259 e. The number of benzene rings is 1. The highest BCUT2D eigenvalue weighted by molar-refractivity contribution is 5.98. The number of carbonyl (C=O) groups excluding carboxylic acids is 2. The van der Waals surface area contributed by atoms with Gasteiger partial charge >= 0.3 is 0 Å². The minimum absolute atomic E-state index is 0.147. The zero-order valence-electron chi connectivity index (χ0n) is 21.5. The van der Waals surface area contributed by atoms with Gasteiger partial charge < -0.3 is 24.4 Å². The maximum atomic E-state index is 13.7. The summed E-state index contributed by atoms with van der Waals surface area (Å²) in [6, 6.07) is 12.3. The molecule has 3 aromatic rings. The van der Waals surface area contributed by atoms with Gasteiger partial charge in [0.25, 0.3) is 11.8 Å². The van der Waals surface area contributed by atoms with Crippen LogP contribution >= 0.6 is 0 Å². The normalized spacial score (nSPS) is 18.2. The summed E-state index contributed by atoms with van der Waals surface area (Å²) in [5.74, 6) is 0.253. The van der Waals surface area contributed by atoms with Gasteiger partial charge in [0, 0.05) is 49.2 Å². The molecule has 2 amide bonds. The van der Waals surface area contributed by atoms with Gasteiger partial charge in [0.05, 0.1) is 31.9 Å². The monoisotopic (exact) mass is 504 g/mol. The number of aromatic nitrogens is 2. The molecule has 9 heteroatoms. The van der Waals surface area contributed by atoms with E-state index in [2.05, 4.69) is 9.97 Å². The predicted octanol–water partition coefficient (Wildman–Crippen LogP) is 3.14. The molecular formula is C28H32N4O5. The third-order valence-corrected chi connectivity index (χ3v) is 6.65. The average molecular weight is 505 g/mol. The van der Waals surface area contributed by atoms with Gasteiger partial charge in [0.15, 0.2) is 0 Å². The molecule has 0 saturated carbocycles. The molecule has 9 nitrogen and oxygen atoms in total. The minimum atomic E-state index is -0.449. The summed E-state index contributed by atoms with van der Waals surface area (Å²) in [4.78, 5) is 38.5. The second-order valence-electron chi connectivity index (χ2n) is 9.33. The zero-order valence-corrected chi connectivity index (χ0v) is 21.5. The Morgan fingerprint density at radius 2 is 2.03 bits per heavy atom. The summed E-state index contributed by atoms with van der Waals surface area (Å²) in [6.07, 6.45) is 4.35. The molecule has 0 fully saturated rings. The zero-order chi connectivity index (χ0) is 26.5. The van der Waals surface area contributed by atoms with Crippen LogP contribution in [0.2, 0.25) is 0 Å². The second-order valence-corrected chi connectivity index (χ2v) is 9.33. The van der Waals surface area contributed by atoms with E-state index >= 15 is 0 Å². The first-order valence-corrected chi connectivity index (χ1v) is 12.2. The van der Waals surface area contributed by atoms with Crippen LogP contribution in [0.25, 0.3) is 11.1 Å². The van der Waals surface area contributed by atoms with E-state index in [4.69, 9.17) is 9.47 Å². The fraction of sp³-hybridized carbons (Fsp3) is 0.357. The molecule has 4 rings (SSSR count). The Kier molecular flexibility index (Phi) is 8.03. The number of hydrogen-bond donors (Lipinski definition) is 1. The Balaban J connectivity index is 1.71. The Hall–Kier alpha value is -3.98. The molecule has 0 radical (unpaired) electrons. The van der Waals surface area contributed by atoms with Crippen LogP contribution in [-0.4, -0.2) is 82.7 Å². The first-order chi connectivity index (χ1) is 17.8. The van der Waals surface area contributed by atoms with Crippen LogP contribution in [-0.2, 0) is 0 Å². The van der Waals surface area contributed by atoms with Gasteiger partial charge in [-0.1, -0.05) is 25.1 Å². The van der Waals surface area contributed by atoms with Crippen LogP contribution in [0.4, 0.5) is 0 Å². The molecule has 37 heavy (non-hydrogen) atoms. The number of pyridine rings is 2. The topological polar surface area (TPSA) is 105 Å². The molecule has 3 atom stereocenters. The number of ether oxygens (including phenoxy) is 2. The highest BCUT2D eigenvalue weighted by Gasteiger charge is 2.35. The van der Waals surface area contributed by atoms with Crippen molar-refractivity contribution in [2.75, 3.05) is 33.9 Å². The van der Waals surface area contributed by atoms with E-state index in [0.717, 1.165) is 5.56 Å². The van der Waals surface area contributed by atoms with Crippen LogP contribution in [0.3, 0.4) is 0 Å². The lowest BCUT2D eigenvalue weighted by Crippen LogP contribution is -2.50. The largest absolute Gasteiger partial charge is 0.496 e. The van der Waals surface area contributed by atoms with Crippen molar-refractivity contribution in [2.24, 2.45) is 5.92 Å². The Morgan fingerprint density at radius 1 is 1.24 bits per heavy atom. The lowest BCUT2D eigenvalue weighted by Gasteiger charge is -2.37. The van der Waals surface area contributed by atoms with Crippen molar-refractivity contribution in [2.45, 2.75) is 26.0 Å². The molecule has 0 bridgehead atoms. The van der Waals surface area contributed by atoms with Crippen molar-refractivity contribution in [3.8, 4) is 22.8 Å². The molecule has 1 aliphatic heterocycles. The first-order valence-electron chi connectivity index (χ1n) is 12.2. The van der Waals surface area contributed by atoms with Gasteiger partial charge in [-0.25, -0.2) is 4.98 Å². The van der Waals surface area contributed by atoms with Gasteiger partial charge in [-0.2, -0.15) is 0 Å². The number of para-hydroxylation sites is 1. The number of carbonyl (C=O) groups is 2. The second kappa shape index (κ2) is 11.4. The van der Waals surface area contributed by atoms with E-state index in [9.17, 15) is 14.7 Å². The quantitative estimate of drug-likeness (QED) is 0.527. The van der Waals surface area contributed by atoms with Crippen molar-refractivity contribution >= 4 is 11.8 Å². The number of aliphatic hydroxyl groups excluding tert-OH is 1. The van der Waals surface area contributed by atoms with E-state index in [1.807, 2.05) is 31.2 Å². The van der Waals surface area contributed by atoms with Crippen LogP contribution in [0.5, 0.6) is 11.6 Å². The standard InChI is InChI=1S/C28H32N4O5/c1-18-15-32(19(2)17-33)28(35)23-12-21(22-9-5-6-10-24(22)36-4)14-30-26(23)37-25(18)16-31(3)27(34)20-8-7-11-29-13-20/h5-14,18-19,25,33H,15-17H2,1-4H3/t18-,19-,25+/m0/s1. The fourth-order valence-electron chi connectivity index (χ4n) is 4.41. The van der Waals surface area contributed by atoms with E-state index in [1.165, 1.54) is 6.20 Å². The van der Waals surface area contributed by atoms with Crippen LogP contribution < -0.4 is 9.47 Å². The van der Waals surface area contributed by atoms with Crippen molar-refractivity contribution < 1.29 is 24.2 Å². The highest BCUT2D eigenvalue weighted by atomic mass is 16.5. The molecule has 1 aromatic carbocycles. The van der Waals surface area contributed by atoms with Crippen molar-refractivity contribution in [1.82, 2.24) is 19.8 Å². The van der Waals surface area contributed by atoms with E-state index in [-0.39, 0.29) is 36.8 Å². The van der Waals surface area contributed by atoms with Gasteiger partial charge in [-0.05, 0) is 31.2 Å². The average Bonchev–Trinajstić information content (AvgIpc) is 2.94. The van der Waals surface area contributed by atoms with Gasteiger partial charge in [0.2, 0.25) is 5.88 Å². The lowest BCUT2D eigenvalue weighted by atomic mass is 9.99. The van der Waals surface area contributed by atoms with Crippen LogP contribution in [0, 0.1) is 5.92 Å². The van der Waals surface area contributed by atoms with Crippen molar-refractivity contribution in [3.05, 3.63) is 72.2 Å². The molecule has 3 heterocycles. The number of nitrogens with zero attached hydrogens (tertiary/aromatic N) is 4. The Morgan fingerprint density at radius 3 is 2.73 bits per heavy atom. The van der Waals surface area contributed by atoms with Crippen LogP contribution in [0.1, 0.15) is 34.6 Å². The van der Waals surface area contributed by atoms with Gasteiger partial charge in [-0.3, -0.25) is 14.6 Å².